The van der Waals surface area contributed by atoms with Gasteiger partial charge in [0.05, 0.1) is 13.2 Å². The third kappa shape index (κ3) is 4.70. The molecule has 1 saturated carbocycles. The minimum atomic E-state index is 0.214. The lowest BCUT2D eigenvalue weighted by molar-refractivity contribution is 0.200. The molecule has 1 atom stereocenters. The van der Waals surface area contributed by atoms with E-state index in [2.05, 4.69) is 41.4 Å². The zero-order chi connectivity index (χ0) is 20.1. The van der Waals surface area contributed by atoms with Gasteiger partial charge in [-0.3, -0.25) is 4.98 Å². The summed E-state index contributed by atoms with van der Waals surface area (Å²) in [5, 5.41) is 0. The van der Waals surface area contributed by atoms with Crippen molar-refractivity contribution in [3.63, 3.8) is 0 Å². The van der Waals surface area contributed by atoms with E-state index in [0.717, 1.165) is 36.4 Å². The molecule has 1 unspecified atom stereocenters. The van der Waals surface area contributed by atoms with Crippen molar-refractivity contribution in [3.05, 3.63) is 83.7 Å². The average molecular weight is 389 g/mol. The number of nitrogens with zero attached hydrogens (tertiary/aromatic N) is 1. The van der Waals surface area contributed by atoms with Gasteiger partial charge in [-0.15, -0.1) is 0 Å². The number of rotatable bonds is 7. The van der Waals surface area contributed by atoms with Crippen molar-refractivity contribution in [1.29, 1.82) is 0 Å². The summed E-state index contributed by atoms with van der Waals surface area (Å²) in [6.07, 6.45) is 9.59. The first kappa shape index (κ1) is 19.3. The van der Waals surface area contributed by atoms with Crippen molar-refractivity contribution >= 4 is 5.69 Å². The van der Waals surface area contributed by atoms with Crippen LogP contribution in [0.1, 0.15) is 48.3 Å². The third-order valence-electron chi connectivity index (χ3n) is 5.71. The Bertz CT molecular complexity index is 919. The second kappa shape index (κ2) is 8.99. The number of nitrogens with two attached hydrogens (primary N) is 1. The molecule has 1 heterocycles. The number of pyridine rings is 1. The van der Waals surface area contributed by atoms with Gasteiger partial charge >= 0.3 is 0 Å². The maximum absolute atomic E-state index is 6.30. The average Bonchev–Trinajstić information content (AvgIpc) is 3.27. The first-order chi connectivity index (χ1) is 14.2. The van der Waals surface area contributed by atoms with E-state index in [9.17, 15) is 0 Å². The minimum Gasteiger partial charge on any atom is -0.493 e. The van der Waals surface area contributed by atoms with Gasteiger partial charge in [-0.05, 0) is 85.2 Å². The number of benzene rings is 2. The van der Waals surface area contributed by atoms with Gasteiger partial charge in [-0.1, -0.05) is 18.2 Å². The van der Waals surface area contributed by atoms with Crippen LogP contribution in [-0.4, -0.2) is 18.2 Å². The van der Waals surface area contributed by atoms with Crippen LogP contribution < -0.4 is 15.2 Å². The quantitative estimate of drug-likeness (QED) is 0.553. The highest BCUT2D eigenvalue weighted by Gasteiger charge is 2.20. The van der Waals surface area contributed by atoms with Crippen LogP contribution in [0.5, 0.6) is 11.5 Å². The van der Waals surface area contributed by atoms with Crippen molar-refractivity contribution in [1.82, 2.24) is 4.98 Å². The molecule has 1 aliphatic rings. The van der Waals surface area contributed by atoms with E-state index in [1.54, 1.807) is 7.11 Å². The van der Waals surface area contributed by atoms with Crippen LogP contribution in [0.2, 0.25) is 0 Å². The molecule has 29 heavy (non-hydrogen) atoms. The Balaban J connectivity index is 1.63. The largest absolute Gasteiger partial charge is 0.493 e. The van der Waals surface area contributed by atoms with Crippen LogP contribution in [-0.2, 0) is 6.42 Å². The van der Waals surface area contributed by atoms with Crippen LogP contribution in [0, 0.1) is 0 Å². The van der Waals surface area contributed by atoms with Gasteiger partial charge in [0.25, 0.3) is 0 Å². The Labute approximate surface area is 172 Å². The highest BCUT2D eigenvalue weighted by Crippen LogP contribution is 2.35. The van der Waals surface area contributed by atoms with Gasteiger partial charge in [0.15, 0.2) is 11.5 Å². The number of nitrogen functional groups attached to an aromatic ring is 1. The van der Waals surface area contributed by atoms with Gasteiger partial charge < -0.3 is 15.2 Å². The molecule has 2 N–H and O–H groups in total. The topological polar surface area (TPSA) is 57.4 Å². The minimum absolute atomic E-state index is 0.214. The van der Waals surface area contributed by atoms with E-state index in [0.29, 0.717) is 6.10 Å². The number of methoxy groups -OCH3 is 1. The Morgan fingerprint density at radius 2 is 1.62 bits per heavy atom. The monoisotopic (exact) mass is 388 g/mol. The fourth-order valence-corrected chi connectivity index (χ4v) is 4.11. The van der Waals surface area contributed by atoms with Crippen LogP contribution >= 0.6 is 0 Å². The molecule has 0 spiro atoms. The second-order valence-corrected chi connectivity index (χ2v) is 7.71. The predicted molar refractivity (Wildman–Crippen MR) is 117 cm³/mol. The summed E-state index contributed by atoms with van der Waals surface area (Å²) in [6.45, 7) is 0. The van der Waals surface area contributed by atoms with Crippen LogP contribution in [0.25, 0.3) is 0 Å². The Kier molecular flexibility index (Phi) is 5.99. The molecule has 0 aliphatic heterocycles. The van der Waals surface area contributed by atoms with Gasteiger partial charge in [-0.2, -0.15) is 0 Å². The maximum atomic E-state index is 6.30. The zero-order valence-electron chi connectivity index (χ0n) is 16.9. The molecule has 4 rings (SSSR count). The van der Waals surface area contributed by atoms with Crippen molar-refractivity contribution in [2.24, 2.45) is 0 Å². The SMILES string of the molecule is COc1ccc(CC(c2ccncc2)c2ccc(N)cc2)cc1OC1CCCC1. The van der Waals surface area contributed by atoms with Gasteiger partial charge in [0, 0.05) is 24.0 Å². The first-order valence-electron chi connectivity index (χ1n) is 10.3. The fourth-order valence-electron chi connectivity index (χ4n) is 4.11. The summed E-state index contributed by atoms with van der Waals surface area (Å²) in [5.74, 6) is 1.86. The summed E-state index contributed by atoms with van der Waals surface area (Å²) in [4.78, 5) is 4.18. The van der Waals surface area contributed by atoms with Crippen molar-refractivity contribution < 1.29 is 9.47 Å². The maximum Gasteiger partial charge on any atom is 0.161 e. The van der Waals surface area contributed by atoms with Crippen molar-refractivity contribution in [2.45, 2.75) is 44.1 Å². The molecule has 150 valence electrons. The molecule has 2 aromatic carbocycles. The lowest BCUT2D eigenvalue weighted by Crippen LogP contribution is -2.12. The Hall–Kier alpha value is -3.01. The van der Waals surface area contributed by atoms with Crippen LogP contribution in [0.4, 0.5) is 5.69 Å². The van der Waals surface area contributed by atoms with E-state index in [-0.39, 0.29) is 5.92 Å². The molecule has 0 bridgehead atoms. The van der Waals surface area contributed by atoms with Crippen LogP contribution in [0.15, 0.2) is 67.0 Å². The lowest BCUT2D eigenvalue weighted by atomic mass is 9.86. The predicted octanol–water partition coefficient (Wildman–Crippen LogP) is 5.37. The Morgan fingerprint density at radius 3 is 2.31 bits per heavy atom. The van der Waals surface area contributed by atoms with E-state index in [1.807, 2.05) is 30.6 Å². The number of hydrogen-bond acceptors (Lipinski definition) is 4. The van der Waals surface area contributed by atoms with Crippen molar-refractivity contribution in [2.75, 3.05) is 12.8 Å². The molecule has 4 heteroatoms. The third-order valence-corrected chi connectivity index (χ3v) is 5.71. The number of ether oxygens (including phenoxy) is 2. The number of hydrogen-bond donors (Lipinski definition) is 1. The number of anilines is 1. The van der Waals surface area contributed by atoms with Crippen molar-refractivity contribution in [3.8, 4) is 11.5 Å². The molecule has 3 aromatic rings. The highest BCUT2D eigenvalue weighted by atomic mass is 16.5. The summed E-state index contributed by atoms with van der Waals surface area (Å²) in [5.41, 5.74) is 10.4. The standard InChI is InChI=1S/C25H28N2O2/c1-28-24-11-6-18(17-25(24)29-22-4-2-3-5-22)16-23(20-12-14-27-15-13-20)19-7-9-21(26)10-8-19/h6-15,17,22-23H,2-5,16,26H2,1H3. The van der Waals surface area contributed by atoms with E-state index in [1.165, 1.54) is 29.5 Å². The summed E-state index contributed by atoms with van der Waals surface area (Å²) in [7, 11) is 1.70. The molecule has 1 aliphatic carbocycles. The fraction of sp³-hybridized carbons (Fsp3) is 0.320. The van der Waals surface area contributed by atoms with E-state index < -0.39 is 0 Å². The molecule has 0 saturated heterocycles. The molecule has 0 radical (unpaired) electrons. The summed E-state index contributed by atoms with van der Waals surface area (Å²) >= 11 is 0. The summed E-state index contributed by atoms with van der Waals surface area (Å²) < 4.78 is 11.8. The first-order valence-corrected chi connectivity index (χ1v) is 10.3. The number of aromatic nitrogens is 1. The molecular weight excluding hydrogens is 360 g/mol. The highest BCUT2D eigenvalue weighted by molar-refractivity contribution is 5.46. The van der Waals surface area contributed by atoms with Gasteiger partial charge in [-0.25, -0.2) is 0 Å². The summed E-state index contributed by atoms with van der Waals surface area (Å²) in [6, 6.07) is 18.6. The molecule has 1 fully saturated rings. The van der Waals surface area contributed by atoms with E-state index in [4.69, 9.17) is 15.2 Å². The van der Waals surface area contributed by atoms with E-state index >= 15 is 0 Å². The van der Waals surface area contributed by atoms with Crippen LogP contribution in [0.3, 0.4) is 0 Å². The van der Waals surface area contributed by atoms with Gasteiger partial charge in [0.2, 0.25) is 0 Å². The lowest BCUT2D eigenvalue weighted by Gasteiger charge is -2.20. The smallest absolute Gasteiger partial charge is 0.161 e. The normalized spacial score (nSPS) is 15.2. The molecular formula is C25H28N2O2. The molecule has 1 aromatic heterocycles. The van der Waals surface area contributed by atoms with Gasteiger partial charge in [0.1, 0.15) is 0 Å². The molecule has 4 nitrogen and oxygen atoms in total. The second-order valence-electron chi connectivity index (χ2n) is 7.71. The molecule has 0 amide bonds. The zero-order valence-corrected chi connectivity index (χ0v) is 16.9. The Morgan fingerprint density at radius 1 is 0.931 bits per heavy atom.